The number of amides is 1. The average Bonchev–Trinajstić information content (AvgIpc) is 3.25. The Balaban J connectivity index is 1.91. The summed E-state index contributed by atoms with van der Waals surface area (Å²) < 4.78 is 5.24. The van der Waals surface area contributed by atoms with Crippen LogP contribution in [0.1, 0.15) is 38.8 Å². The van der Waals surface area contributed by atoms with Crippen molar-refractivity contribution < 1.29 is 19.7 Å². The topological polar surface area (TPSA) is 98.7 Å². The Bertz CT molecular complexity index is 1070. The van der Waals surface area contributed by atoms with E-state index in [0.29, 0.717) is 28.3 Å². The van der Waals surface area contributed by atoms with Crippen molar-refractivity contribution >= 4 is 5.91 Å². The van der Waals surface area contributed by atoms with Gasteiger partial charge in [0.25, 0.3) is 5.91 Å². The monoisotopic (exact) mass is 393 g/mol. The van der Waals surface area contributed by atoms with Gasteiger partial charge in [-0.1, -0.05) is 18.2 Å². The summed E-state index contributed by atoms with van der Waals surface area (Å²) in [6.07, 6.45) is 0. The summed E-state index contributed by atoms with van der Waals surface area (Å²) in [4.78, 5) is 14.6. The number of carbonyl (C=O) groups excluding carboxylic acids is 1. The molecule has 2 heterocycles. The molecule has 0 spiro atoms. The summed E-state index contributed by atoms with van der Waals surface area (Å²) in [7, 11) is 1.60. The molecule has 4 rings (SSSR count). The smallest absolute Gasteiger partial charge is 0.273 e. The highest BCUT2D eigenvalue weighted by Gasteiger charge is 2.42. The Kier molecular flexibility index (Phi) is 4.76. The molecular formula is C22H23N3O4. The number of nitrogens with zero attached hydrogens (tertiary/aromatic N) is 2. The van der Waals surface area contributed by atoms with Crippen molar-refractivity contribution in [2.75, 3.05) is 20.3 Å². The number of aliphatic hydroxyl groups excluding tert-OH is 1. The van der Waals surface area contributed by atoms with Gasteiger partial charge in [0.15, 0.2) is 0 Å². The van der Waals surface area contributed by atoms with Crippen molar-refractivity contribution in [3.8, 4) is 22.8 Å². The summed E-state index contributed by atoms with van der Waals surface area (Å²) in [5.74, 6) is 0.635. The van der Waals surface area contributed by atoms with Gasteiger partial charge in [-0.2, -0.15) is 5.10 Å². The summed E-state index contributed by atoms with van der Waals surface area (Å²) in [6.45, 7) is 3.83. The van der Waals surface area contributed by atoms with Gasteiger partial charge >= 0.3 is 0 Å². The number of aromatic nitrogens is 2. The van der Waals surface area contributed by atoms with E-state index in [1.54, 1.807) is 12.0 Å². The highest BCUT2D eigenvalue weighted by Crippen LogP contribution is 2.45. The minimum absolute atomic E-state index is 0.145. The second-order valence-electron chi connectivity index (χ2n) is 7.24. The largest absolute Gasteiger partial charge is 0.507 e. The molecule has 7 heteroatoms. The predicted molar refractivity (Wildman–Crippen MR) is 108 cm³/mol. The number of aromatic hydroxyl groups is 1. The van der Waals surface area contributed by atoms with Gasteiger partial charge in [-0.3, -0.25) is 9.89 Å². The van der Waals surface area contributed by atoms with Gasteiger partial charge in [0.2, 0.25) is 0 Å². The van der Waals surface area contributed by atoms with Crippen molar-refractivity contribution in [1.82, 2.24) is 15.1 Å². The van der Waals surface area contributed by atoms with Gasteiger partial charge in [0.05, 0.1) is 19.8 Å². The van der Waals surface area contributed by atoms with Crippen molar-refractivity contribution in [1.29, 1.82) is 0 Å². The van der Waals surface area contributed by atoms with Crippen LogP contribution in [0.3, 0.4) is 0 Å². The summed E-state index contributed by atoms with van der Waals surface area (Å²) in [6, 6.07) is 10.8. The third-order valence-electron chi connectivity index (χ3n) is 5.34. The van der Waals surface area contributed by atoms with Crippen LogP contribution in [0, 0.1) is 13.8 Å². The van der Waals surface area contributed by atoms with E-state index in [2.05, 4.69) is 10.2 Å². The number of rotatable bonds is 5. The molecule has 29 heavy (non-hydrogen) atoms. The zero-order valence-electron chi connectivity index (χ0n) is 16.6. The SMILES string of the molecule is COc1ccc([C@@H]2c3c(-c4cc(C)cc(C)c4O)n[nH]c3C(=O)N2CCO)cc1. The predicted octanol–water partition coefficient (Wildman–Crippen LogP) is 2.95. The van der Waals surface area contributed by atoms with E-state index in [-0.39, 0.29) is 24.8 Å². The molecule has 0 saturated heterocycles. The lowest BCUT2D eigenvalue weighted by atomic mass is 9.94. The van der Waals surface area contributed by atoms with E-state index in [4.69, 9.17) is 4.74 Å². The number of β-amino-alcohol motifs (C(OH)–C–C–N with tert-alkyl or cyclic N) is 1. The number of phenolic OH excluding ortho intramolecular Hbond substituents is 1. The number of methoxy groups -OCH3 is 1. The molecule has 0 radical (unpaired) electrons. The fourth-order valence-electron chi connectivity index (χ4n) is 4.01. The second-order valence-corrected chi connectivity index (χ2v) is 7.24. The number of nitrogens with one attached hydrogen (secondary N) is 1. The van der Waals surface area contributed by atoms with Crippen LogP contribution >= 0.6 is 0 Å². The number of H-pyrrole nitrogens is 1. The van der Waals surface area contributed by atoms with Crippen LogP contribution in [0.25, 0.3) is 11.3 Å². The Morgan fingerprint density at radius 1 is 1.21 bits per heavy atom. The van der Waals surface area contributed by atoms with E-state index in [0.717, 1.165) is 16.7 Å². The molecule has 3 aromatic rings. The van der Waals surface area contributed by atoms with Crippen molar-refractivity contribution in [2.24, 2.45) is 0 Å². The van der Waals surface area contributed by atoms with Crippen LogP contribution in [0.4, 0.5) is 0 Å². The molecule has 0 fully saturated rings. The molecule has 1 atom stereocenters. The number of benzene rings is 2. The number of aromatic amines is 1. The van der Waals surface area contributed by atoms with Gasteiger partial charge < -0.3 is 19.8 Å². The fraction of sp³-hybridized carbons (Fsp3) is 0.273. The van der Waals surface area contributed by atoms with Crippen LogP contribution in [0.15, 0.2) is 36.4 Å². The first-order valence-corrected chi connectivity index (χ1v) is 9.40. The average molecular weight is 393 g/mol. The molecule has 0 bridgehead atoms. The maximum Gasteiger partial charge on any atom is 0.273 e. The van der Waals surface area contributed by atoms with E-state index >= 15 is 0 Å². The summed E-state index contributed by atoms with van der Waals surface area (Å²) in [5.41, 5.74) is 4.81. The lowest BCUT2D eigenvalue weighted by molar-refractivity contribution is 0.0706. The van der Waals surface area contributed by atoms with Crippen LogP contribution in [-0.4, -0.2) is 51.5 Å². The first-order chi connectivity index (χ1) is 14.0. The Hall–Kier alpha value is -3.32. The van der Waals surface area contributed by atoms with Gasteiger partial charge in [0.1, 0.15) is 22.9 Å². The molecule has 1 aliphatic rings. The minimum atomic E-state index is -0.426. The minimum Gasteiger partial charge on any atom is -0.507 e. The first kappa shape index (κ1) is 19.0. The molecular weight excluding hydrogens is 370 g/mol. The van der Waals surface area contributed by atoms with E-state index in [9.17, 15) is 15.0 Å². The molecule has 1 amide bonds. The van der Waals surface area contributed by atoms with Crippen LogP contribution in [0.5, 0.6) is 11.5 Å². The number of aryl methyl sites for hydroxylation is 2. The maximum absolute atomic E-state index is 13.0. The maximum atomic E-state index is 13.0. The van der Waals surface area contributed by atoms with Crippen molar-refractivity contribution in [2.45, 2.75) is 19.9 Å². The fourth-order valence-corrected chi connectivity index (χ4v) is 4.01. The Morgan fingerprint density at radius 3 is 2.59 bits per heavy atom. The molecule has 0 unspecified atom stereocenters. The molecule has 2 aromatic carbocycles. The quantitative estimate of drug-likeness (QED) is 0.619. The lowest BCUT2D eigenvalue weighted by Crippen LogP contribution is -2.32. The van der Waals surface area contributed by atoms with Crippen molar-refractivity contribution in [3.05, 3.63) is 64.3 Å². The molecule has 3 N–H and O–H groups in total. The van der Waals surface area contributed by atoms with Crippen LogP contribution in [0.2, 0.25) is 0 Å². The molecule has 0 saturated carbocycles. The summed E-state index contributed by atoms with van der Waals surface area (Å²) in [5, 5.41) is 27.4. The standard InChI is InChI=1S/C22H23N3O4/c1-12-10-13(2)21(27)16(11-12)18-17-19(24-23-18)22(28)25(8-9-26)20(17)14-4-6-15(29-3)7-5-14/h4-7,10-11,20,26-27H,8-9H2,1-3H3,(H,23,24)/t20-/m1/s1. The number of aliphatic hydroxyl groups is 1. The van der Waals surface area contributed by atoms with Gasteiger partial charge in [-0.25, -0.2) is 0 Å². The van der Waals surface area contributed by atoms with Gasteiger partial charge in [-0.15, -0.1) is 0 Å². The number of fused-ring (bicyclic) bond motifs is 1. The lowest BCUT2D eigenvalue weighted by Gasteiger charge is -2.26. The number of ether oxygens (including phenoxy) is 1. The summed E-state index contributed by atoms with van der Waals surface area (Å²) >= 11 is 0. The number of hydrogen-bond acceptors (Lipinski definition) is 5. The van der Waals surface area contributed by atoms with E-state index in [1.807, 2.05) is 50.2 Å². The third-order valence-corrected chi connectivity index (χ3v) is 5.34. The Labute approximate surface area is 168 Å². The second kappa shape index (κ2) is 7.25. The zero-order valence-corrected chi connectivity index (χ0v) is 16.6. The normalized spacial score (nSPS) is 15.7. The number of phenols is 1. The Morgan fingerprint density at radius 2 is 1.93 bits per heavy atom. The van der Waals surface area contributed by atoms with Crippen LogP contribution in [-0.2, 0) is 0 Å². The van der Waals surface area contributed by atoms with E-state index in [1.165, 1.54) is 0 Å². The van der Waals surface area contributed by atoms with Crippen LogP contribution < -0.4 is 4.74 Å². The highest BCUT2D eigenvalue weighted by molar-refractivity contribution is 6.00. The highest BCUT2D eigenvalue weighted by atomic mass is 16.5. The van der Waals surface area contributed by atoms with E-state index < -0.39 is 6.04 Å². The number of hydrogen-bond donors (Lipinski definition) is 3. The molecule has 0 aliphatic carbocycles. The first-order valence-electron chi connectivity index (χ1n) is 9.40. The zero-order chi connectivity index (χ0) is 20.7. The molecule has 150 valence electrons. The van der Waals surface area contributed by atoms with Gasteiger partial charge in [0, 0.05) is 17.7 Å². The third kappa shape index (κ3) is 3.03. The molecule has 1 aromatic heterocycles. The van der Waals surface area contributed by atoms with Crippen molar-refractivity contribution in [3.63, 3.8) is 0 Å². The number of carbonyl (C=O) groups is 1. The molecule has 7 nitrogen and oxygen atoms in total. The van der Waals surface area contributed by atoms with Gasteiger partial charge in [-0.05, 0) is 48.7 Å². The molecule has 1 aliphatic heterocycles.